The molecule has 116 valence electrons. The maximum Gasteiger partial charge on any atom is 0.253 e. The van der Waals surface area contributed by atoms with Gasteiger partial charge in [0.25, 0.3) is 5.91 Å². The van der Waals surface area contributed by atoms with Crippen LogP contribution in [0.25, 0.3) is 0 Å². The van der Waals surface area contributed by atoms with Crippen molar-refractivity contribution in [2.75, 3.05) is 26.7 Å². The van der Waals surface area contributed by atoms with Crippen LogP contribution in [0.15, 0.2) is 23.1 Å². The number of nitrogens with zero attached hydrogens (tertiary/aromatic N) is 1. The fraction of sp³-hybridized carbons (Fsp3) is 0.500. The van der Waals surface area contributed by atoms with Gasteiger partial charge in [0.1, 0.15) is 10.6 Å². The second-order valence-corrected chi connectivity index (χ2v) is 6.60. The summed E-state index contributed by atoms with van der Waals surface area (Å²) >= 11 is 0. The number of methoxy groups -OCH3 is 1. The molecule has 0 aromatic heterocycles. The van der Waals surface area contributed by atoms with Crippen LogP contribution in [-0.2, 0) is 10.0 Å². The molecule has 1 amide bonds. The van der Waals surface area contributed by atoms with E-state index in [1.807, 2.05) is 0 Å². The standard InChI is InChI=1S/C14H20N2O4S/c1-3-15-21(18,19)13-10-11(6-7-12(13)20-2)14(17)16-8-4-5-9-16/h6-7,10,15H,3-5,8-9H2,1-2H3. The van der Waals surface area contributed by atoms with Crippen molar-refractivity contribution < 1.29 is 17.9 Å². The molecule has 2 rings (SSSR count). The predicted octanol–water partition coefficient (Wildman–Crippen LogP) is 1.23. The van der Waals surface area contributed by atoms with E-state index < -0.39 is 10.0 Å². The third kappa shape index (κ3) is 3.36. The lowest BCUT2D eigenvalue weighted by molar-refractivity contribution is 0.0792. The highest BCUT2D eigenvalue weighted by molar-refractivity contribution is 7.89. The van der Waals surface area contributed by atoms with Gasteiger partial charge in [-0.25, -0.2) is 13.1 Å². The Kier molecular flexibility index (Phi) is 4.84. The SMILES string of the molecule is CCNS(=O)(=O)c1cc(C(=O)N2CCCC2)ccc1OC. The Morgan fingerprint density at radius 3 is 2.57 bits per heavy atom. The summed E-state index contributed by atoms with van der Waals surface area (Å²) in [6.07, 6.45) is 1.98. The van der Waals surface area contributed by atoms with Crippen LogP contribution in [-0.4, -0.2) is 46.0 Å². The van der Waals surface area contributed by atoms with Crippen molar-refractivity contribution in [3.63, 3.8) is 0 Å². The highest BCUT2D eigenvalue weighted by Gasteiger charge is 2.24. The summed E-state index contributed by atoms with van der Waals surface area (Å²) in [4.78, 5) is 14.1. The zero-order valence-electron chi connectivity index (χ0n) is 12.3. The summed E-state index contributed by atoms with van der Waals surface area (Å²) in [5, 5.41) is 0. The first kappa shape index (κ1) is 15.8. The summed E-state index contributed by atoms with van der Waals surface area (Å²) in [6, 6.07) is 4.51. The number of hydrogen-bond donors (Lipinski definition) is 1. The maximum atomic E-state index is 12.4. The molecule has 1 N–H and O–H groups in total. The molecule has 0 spiro atoms. The number of carbonyl (C=O) groups excluding carboxylic acids is 1. The molecular weight excluding hydrogens is 292 g/mol. The average Bonchev–Trinajstić information content (AvgIpc) is 3.00. The van der Waals surface area contributed by atoms with Crippen molar-refractivity contribution in [1.29, 1.82) is 0 Å². The van der Waals surface area contributed by atoms with Crippen LogP contribution >= 0.6 is 0 Å². The molecule has 7 heteroatoms. The van der Waals surface area contributed by atoms with Crippen molar-refractivity contribution >= 4 is 15.9 Å². The molecule has 1 aromatic carbocycles. The first-order valence-electron chi connectivity index (χ1n) is 6.96. The lowest BCUT2D eigenvalue weighted by atomic mass is 10.2. The topological polar surface area (TPSA) is 75.7 Å². The quantitative estimate of drug-likeness (QED) is 0.887. The molecule has 0 bridgehead atoms. The molecule has 1 heterocycles. The molecule has 6 nitrogen and oxygen atoms in total. The molecule has 21 heavy (non-hydrogen) atoms. The van der Waals surface area contributed by atoms with Gasteiger partial charge in [0.2, 0.25) is 10.0 Å². The van der Waals surface area contributed by atoms with Crippen molar-refractivity contribution in [3.8, 4) is 5.75 Å². The third-order valence-electron chi connectivity index (χ3n) is 3.43. The Hall–Kier alpha value is -1.60. The van der Waals surface area contributed by atoms with Crippen LogP contribution in [0, 0.1) is 0 Å². The van der Waals surface area contributed by atoms with Crippen molar-refractivity contribution in [3.05, 3.63) is 23.8 Å². The number of nitrogens with one attached hydrogen (secondary N) is 1. The van der Waals surface area contributed by atoms with Crippen LogP contribution < -0.4 is 9.46 Å². The van der Waals surface area contributed by atoms with Gasteiger partial charge in [0, 0.05) is 25.2 Å². The Bertz CT molecular complexity index is 622. The van der Waals surface area contributed by atoms with Gasteiger partial charge in [0.05, 0.1) is 7.11 Å². The number of likely N-dealkylation sites (tertiary alicyclic amines) is 1. The Morgan fingerprint density at radius 1 is 1.33 bits per heavy atom. The number of carbonyl (C=O) groups is 1. The van der Waals surface area contributed by atoms with Crippen LogP contribution in [0.3, 0.4) is 0 Å². The van der Waals surface area contributed by atoms with Gasteiger partial charge >= 0.3 is 0 Å². The van der Waals surface area contributed by atoms with Crippen LogP contribution in [0.1, 0.15) is 30.1 Å². The summed E-state index contributed by atoms with van der Waals surface area (Å²) in [6.45, 7) is 3.42. The molecule has 1 fully saturated rings. The van der Waals surface area contributed by atoms with Crippen LogP contribution in [0.2, 0.25) is 0 Å². The smallest absolute Gasteiger partial charge is 0.253 e. The molecule has 1 aliphatic heterocycles. The van der Waals surface area contributed by atoms with Gasteiger partial charge in [0.15, 0.2) is 0 Å². The van der Waals surface area contributed by atoms with Crippen molar-refractivity contribution in [2.45, 2.75) is 24.7 Å². The number of sulfonamides is 1. The van der Waals surface area contributed by atoms with Gasteiger partial charge in [-0.3, -0.25) is 4.79 Å². The number of amides is 1. The van der Waals surface area contributed by atoms with Gasteiger partial charge in [-0.15, -0.1) is 0 Å². The fourth-order valence-corrected chi connectivity index (χ4v) is 3.62. The van der Waals surface area contributed by atoms with E-state index >= 15 is 0 Å². The summed E-state index contributed by atoms with van der Waals surface area (Å²) < 4.78 is 31.9. The zero-order valence-corrected chi connectivity index (χ0v) is 13.1. The predicted molar refractivity (Wildman–Crippen MR) is 79.0 cm³/mol. The van der Waals surface area contributed by atoms with Gasteiger partial charge in [-0.2, -0.15) is 0 Å². The van der Waals surface area contributed by atoms with Gasteiger partial charge < -0.3 is 9.64 Å². The monoisotopic (exact) mass is 312 g/mol. The number of ether oxygens (including phenoxy) is 1. The minimum absolute atomic E-state index is 0.00287. The number of hydrogen-bond acceptors (Lipinski definition) is 4. The van der Waals surface area contributed by atoms with E-state index in [1.54, 1.807) is 17.9 Å². The normalized spacial score (nSPS) is 15.2. The number of benzene rings is 1. The highest BCUT2D eigenvalue weighted by Crippen LogP contribution is 2.26. The molecule has 1 saturated heterocycles. The minimum Gasteiger partial charge on any atom is -0.495 e. The Labute approximate surface area is 125 Å². The van der Waals surface area contributed by atoms with Crippen LogP contribution in [0.5, 0.6) is 5.75 Å². The van der Waals surface area contributed by atoms with Gasteiger partial charge in [-0.05, 0) is 31.0 Å². The molecule has 0 saturated carbocycles. The summed E-state index contributed by atoms with van der Waals surface area (Å²) in [5.41, 5.74) is 0.370. The molecule has 1 aliphatic rings. The Morgan fingerprint density at radius 2 is 2.00 bits per heavy atom. The first-order chi connectivity index (χ1) is 9.99. The van der Waals surface area contributed by atoms with E-state index in [4.69, 9.17) is 4.74 Å². The molecular formula is C14H20N2O4S. The molecule has 0 aliphatic carbocycles. The zero-order chi connectivity index (χ0) is 15.5. The maximum absolute atomic E-state index is 12.4. The third-order valence-corrected chi connectivity index (χ3v) is 4.99. The van der Waals surface area contributed by atoms with Gasteiger partial charge in [-0.1, -0.05) is 6.92 Å². The second kappa shape index (κ2) is 6.44. The molecule has 1 aromatic rings. The van der Waals surface area contributed by atoms with E-state index in [0.717, 1.165) is 25.9 Å². The average molecular weight is 312 g/mol. The van der Waals surface area contributed by atoms with Crippen molar-refractivity contribution in [1.82, 2.24) is 9.62 Å². The summed E-state index contributed by atoms with van der Waals surface area (Å²) in [7, 11) is -2.27. The van der Waals surface area contributed by atoms with Crippen LogP contribution in [0.4, 0.5) is 0 Å². The van der Waals surface area contributed by atoms with E-state index in [9.17, 15) is 13.2 Å². The largest absolute Gasteiger partial charge is 0.495 e. The molecule has 0 unspecified atom stereocenters. The lowest BCUT2D eigenvalue weighted by Gasteiger charge is -2.17. The molecule has 0 radical (unpaired) electrons. The Balaban J connectivity index is 2.40. The number of rotatable bonds is 5. The van der Waals surface area contributed by atoms with E-state index in [-0.39, 0.29) is 23.1 Å². The van der Waals surface area contributed by atoms with E-state index in [2.05, 4.69) is 4.72 Å². The first-order valence-corrected chi connectivity index (χ1v) is 8.45. The van der Waals surface area contributed by atoms with Crippen molar-refractivity contribution in [2.24, 2.45) is 0 Å². The fourth-order valence-electron chi connectivity index (χ4n) is 2.39. The second-order valence-electron chi connectivity index (χ2n) is 4.87. The highest BCUT2D eigenvalue weighted by atomic mass is 32.2. The summed E-state index contributed by atoms with van der Waals surface area (Å²) in [5.74, 6) is 0.0945. The minimum atomic E-state index is -3.68. The molecule has 0 atom stereocenters. The lowest BCUT2D eigenvalue weighted by Crippen LogP contribution is -2.28. The van der Waals surface area contributed by atoms with E-state index in [1.165, 1.54) is 19.2 Å². The van der Waals surface area contributed by atoms with E-state index in [0.29, 0.717) is 5.56 Å².